The van der Waals surface area contributed by atoms with E-state index in [9.17, 15) is 0 Å². The summed E-state index contributed by atoms with van der Waals surface area (Å²) in [6.07, 6.45) is 4.13. The zero-order valence-electron chi connectivity index (χ0n) is 15.2. The topological polar surface area (TPSA) is 95.3 Å². The van der Waals surface area contributed by atoms with Crippen LogP contribution in [0.4, 0.5) is 0 Å². The lowest BCUT2D eigenvalue weighted by molar-refractivity contribution is 0.0848. The molecule has 0 spiro atoms. The van der Waals surface area contributed by atoms with E-state index in [1.165, 1.54) is 11.3 Å². The normalized spacial score (nSPS) is 14.9. The number of aryl methyl sites for hydroxylation is 1. The highest BCUT2D eigenvalue weighted by Gasteiger charge is 2.24. The molecular weight excluding hydrogens is 364 g/mol. The quantitative estimate of drug-likeness (QED) is 0.639. The van der Waals surface area contributed by atoms with Gasteiger partial charge in [0.05, 0.1) is 17.2 Å². The van der Waals surface area contributed by atoms with Crippen molar-refractivity contribution in [3.05, 3.63) is 35.9 Å². The zero-order valence-corrected chi connectivity index (χ0v) is 16.0. The van der Waals surface area contributed by atoms with Crippen molar-refractivity contribution in [3.63, 3.8) is 0 Å². The Hall–Kier alpha value is -2.94. The Morgan fingerprint density at radius 1 is 1.26 bits per heavy atom. The average Bonchev–Trinajstić information content (AvgIpc) is 3.08. The fourth-order valence-electron chi connectivity index (χ4n) is 2.53. The molecule has 0 aliphatic carbocycles. The maximum absolute atomic E-state index is 5.56. The van der Waals surface area contributed by atoms with E-state index in [4.69, 9.17) is 9.57 Å². The van der Waals surface area contributed by atoms with Gasteiger partial charge in [0.25, 0.3) is 5.88 Å². The number of thiazole rings is 1. The lowest BCUT2D eigenvalue weighted by Crippen LogP contribution is -2.21. The number of nitrogens with zero attached hydrogens (tertiary/aromatic N) is 6. The zero-order chi connectivity index (χ0) is 18.8. The van der Waals surface area contributed by atoms with Gasteiger partial charge in [0.2, 0.25) is 0 Å². The molecule has 0 saturated heterocycles. The molecule has 8 nitrogen and oxygen atoms in total. The highest BCUT2D eigenvalue weighted by atomic mass is 32.1. The van der Waals surface area contributed by atoms with Gasteiger partial charge in [-0.15, -0.1) is 21.5 Å². The summed E-state index contributed by atoms with van der Waals surface area (Å²) in [5.74, 6) is 0.882. The number of hydrogen-bond donors (Lipinski definition) is 0. The lowest BCUT2D eigenvalue weighted by Gasteiger charge is -2.16. The standard InChI is InChI=1S/C18H18N6O2S/c1-10(2)26-24-13-6-8-25-17-14(13)21-16(22-23-17)15-11(3)20-18(27-15)12-5-4-7-19-9-12/h4-5,7,9-10H,6,8H2,1-3H3/b24-13+. The first-order valence-electron chi connectivity index (χ1n) is 8.60. The molecular formula is C18H18N6O2S. The Balaban J connectivity index is 1.73. The number of pyridine rings is 1. The molecule has 0 unspecified atom stereocenters. The highest BCUT2D eigenvalue weighted by Crippen LogP contribution is 2.34. The van der Waals surface area contributed by atoms with Gasteiger partial charge in [-0.1, -0.05) is 5.16 Å². The minimum atomic E-state index is -0.0103. The largest absolute Gasteiger partial charge is 0.475 e. The maximum Gasteiger partial charge on any atom is 0.261 e. The van der Waals surface area contributed by atoms with Crippen molar-refractivity contribution in [3.8, 4) is 27.2 Å². The van der Waals surface area contributed by atoms with Gasteiger partial charge in [-0.2, -0.15) is 0 Å². The first-order valence-corrected chi connectivity index (χ1v) is 9.42. The van der Waals surface area contributed by atoms with Crippen LogP contribution < -0.4 is 4.74 Å². The van der Waals surface area contributed by atoms with Gasteiger partial charge in [0.1, 0.15) is 16.8 Å². The number of rotatable bonds is 4. The summed E-state index contributed by atoms with van der Waals surface area (Å²) in [5.41, 5.74) is 3.09. The molecule has 138 valence electrons. The van der Waals surface area contributed by atoms with Gasteiger partial charge in [-0.05, 0) is 32.9 Å². The SMILES string of the molecule is Cc1nc(-c2cccnc2)sc1-c1nnc2c(n1)/C(=N/OC(C)C)CCO2. The second-order valence-electron chi connectivity index (χ2n) is 6.26. The molecule has 0 saturated carbocycles. The third kappa shape index (κ3) is 3.63. The summed E-state index contributed by atoms with van der Waals surface area (Å²) in [4.78, 5) is 19.7. The van der Waals surface area contributed by atoms with Crippen LogP contribution in [0.2, 0.25) is 0 Å². The molecule has 0 fully saturated rings. The van der Waals surface area contributed by atoms with E-state index in [1.54, 1.807) is 12.4 Å². The molecule has 4 rings (SSSR count). The molecule has 3 aromatic rings. The summed E-state index contributed by atoms with van der Waals surface area (Å²) >= 11 is 1.51. The van der Waals surface area contributed by atoms with Gasteiger partial charge in [-0.25, -0.2) is 9.97 Å². The summed E-state index contributed by atoms with van der Waals surface area (Å²) in [7, 11) is 0. The minimum Gasteiger partial charge on any atom is -0.475 e. The molecule has 0 radical (unpaired) electrons. The molecule has 0 amide bonds. The van der Waals surface area contributed by atoms with Crippen molar-refractivity contribution in [1.82, 2.24) is 25.1 Å². The molecule has 0 N–H and O–H groups in total. The van der Waals surface area contributed by atoms with E-state index in [2.05, 4.69) is 30.3 Å². The number of hydrogen-bond acceptors (Lipinski definition) is 9. The van der Waals surface area contributed by atoms with Crippen LogP contribution in [0.15, 0.2) is 29.7 Å². The van der Waals surface area contributed by atoms with Crippen molar-refractivity contribution in [2.75, 3.05) is 6.61 Å². The third-order valence-corrected chi connectivity index (χ3v) is 4.99. The first kappa shape index (κ1) is 17.5. The minimum absolute atomic E-state index is 0.0103. The predicted molar refractivity (Wildman–Crippen MR) is 102 cm³/mol. The van der Waals surface area contributed by atoms with Crippen LogP contribution in [0.3, 0.4) is 0 Å². The Morgan fingerprint density at radius 3 is 2.93 bits per heavy atom. The lowest BCUT2D eigenvalue weighted by atomic mass is 10.2. The summed E-state index contributed by atoms with van der Waals surface area (Å²) in [6, 6.07) is 3.86. The fourth-order valence-corrected chi connectivity index (χ4v) is 3.52. The number of oxime groups is 1. The first-order chi connectivity index (χ1) is 13.1. The Labute approximate surface area is 160 Å². The van der Waals surface area contributed by atoms with Crippen molar-refractivity contribution in [2.24, 2.45) is 5.16 Å². The summed E-state index contributed by atoms with van der Waals surface area (Å²) in [5, 5.41) is 13.5. The number of aromatic nitrogens is 5. The van der Waals surface area contributed by atoms with Gasteiger partial charge in [0, 0.05) is 24.4 Å². The molecule has 0 atom stereocenters. The molecule has 3 aromatic heterocycles. The van der Waals surface area contributed by atoms with Crippen LogP contribution in [0, 0.1) is 6.92 Å². The molecule has 4 heterocycles. The van der Waals surface area contributed by atoms with Crippen molar-refractivity contribution < 1.29 is 9.57 Å². The van der Waals surface area contributed by atoms with E-state index in [0.717, 1.165) is 26.9 Å². The van der Waals surface area contributed by atoms with Gasteiger partial charge in [0.15, 0.2) is 11.5 Å². The monoisotopic (exact) mass is 382 g/mol. The van der Waals surface area contributed by atoms with Crippen LogP contribution in [0.25, 0.3) is 21.3 Å². The van der Waals surface area contributed by atoms with Crippen LogP contribution in [0.5, 0.6) is 5.88 Å². The van der Waals surface area contributed by atoms with Gasteiger partial charge in [-0.3, -0.25) is 4.98 Å². The van der Waals surface area contributed by atoms with E-state index in [-0.39, 0.29) is 6.10 Å². The van der Waals surface area contributed by atoms with Gasteiger partial charge >= 0.3 is 0 Å². The molecule has 0 bridgehead atoms. The Kier molecular flexibility index (Phi) is 4.76. The van der Waals surface area contributed by atoms with Crippen molar-refractivity contribution in [1.29, 1.82) is 0 Å². The number of fused-ring (bicyclic) bond motifs is 1. The molecule has 1 aliphatic heterocycles. The second kappa shape index (κ2) is 7.36. The van der Waals surface area contributed by atoms with E-state index in [0.29, 0.717) is 30.4 Å². The van der Waals surface area contributed by atoms with Crippen LogP contribution in [-0.2, 0) is 4.84 Å². The highest BCUT2D eigenvalue weighted by molar-refractivity contribution is 7.18. The third-order valence-electron chi connectivity index (χ3n) is 3.79. The van der Waals surface area contributed by atoms with E-state index in [1.807, 2.05) is 32.9 Å². The van der Waals surface area contributed by atoms with Crippen LogP contribution in [0.1, 0.15) is 31.7 Å². The van der Waals surface area contributed by atoms with Crippen molar-refractivity contribution >= 4 is 17.0 Å². The molecule has 27 heavy (non-hydrogen) atoms. The molecule has 1 aliphatic rings. The van der Waals surface area contributed by atoms with E-state index >= 15 is 0 Å². The fraction of sp³-hybridized carbons (Fsp3) is 0.333. The summed E-state index contributed by atoms with van der Waals surface area (Å²) < 4.78 is 5.56. The summed E-state index contributed by atoms with van der Waals surface area (Å²) in [6.45, 7) is 6.26. The Bertz CT molecular complexity index is 987. The number of ether oxygens (including phenoxy) is 1. The smallest absolute Gasteiger partial charge is 0.261 e. The second-order valence-corrected chi connectivity index (χ2v) is 7.25. The Morgan fingerprint density at radius 2 is 2.15 bits per heavy atom. The van der Waals surface area contributed by atoms with Crippen LogP contribution in [-0.4, -0.2) is 43.6 Å². The average molecular weight is 382 g/mol. The van der Waals surface area contributed by atoms with Gasteiger partial charge < -0.3 is 9.57 Å². The van der Waals surface area contributed by atoms with E-state index < -0.39 is 0 Å². The predicted octanol–water partition coefficient (Wildman–Crippen LogP) is 3.28. The molecule has 0 aromatic carbocycles. The molecule has 9 heteroatoms. The van der Waals surface area contributed by atoms with Crippen LogP contribution >= 0.6 is 11.3 Å². The maximum atomic E-state index is 5.56. The van der Waals surface area contributed by atoms with Crippen molar-refractivity contribution in [2.45, 2.75) is 33.3 Å².